The molecule has 0 aliphatic carbocycles. The first kappa shape index (κ1) is 12.9. The van der Waals surface area contributed by atoms with E-state index in [2.05, 4.69) is 26.3 Å². The highest BCUT2D eigenvalue weighted by molar-refractivity contribution is 7.15. The van der Waals surface area contributed by atoms with Crippen LogP contribution >= 0.6 is 11.3 Å². The molecule has 0 fully saturated rings. The number of hydrogen-bond acceptors (Lipinski definition) is 5. The maximum atomic E-state index is 4.44. The normalized spacial score (nSPS) is 10.6. The molecule has 3 aromatic rings. The first-order valence-electron chi connectivity index (χ1n) is 6.36. The van der Waals surface area contributed by atoms with Crippen molar-refractivity contribution in [2.75, 3.05) is 0 Å². The van der Waals surface area contributed by atoms with Crippen molar-refractivity contribution in [2.24, 2.45) is 0 Å². The van der Waals surface area contributed by atoms with Gasteiger partial charge in [0.2, 0.25) is 0 Å². The Bertz CT molecular complexity index is 652. The highest BCUT2D eigenvalue weighted by atomic mass is 32.1. The van der Waals surface area contributed by atoms with Crippen molar-refractivity contribution in [3.05, 3.63) is 65.8 Å². The molecule has 0 amide bonds. The van der Waals surface area contributed by atoms with Crippen molar-refractivity contribution < 1.29 is 0 Å². The van der Waals surface area contributed by atoms with Crippen LogP contribution in [0.25, 0.3) is 10.4 Å². The third-order valence-electron chi connectivity index (χ3n) is 2.83. The molecule has 3 aromatic heterocycles. The summed E-state index contributed by atoms with van der Waals surface area (Å²) in [6.07, 6.45) is 9.20. The van der Waals surface area contributed by atoms with Crippen LogP contribution in [0.4, 0.5) is 0 Å². The lowest BCUT2D eigenvalue weighted by Gasteiger charge is -2.01. The number of rotatable bonds is 5. The summed E-state index contributed by atoms with van der Waals surface area (Å²) in [6.45, 7) is 1.56. The van der Waals surface area contributed by atoms with Gasteiger partial charge in [0.15, 0.2) is 0 Å². The van der Waals surface area contributed by atoms with Crippen molar-refractivity contribution in [1.29, 1.82) is 0 Å². The molecule has 20 heavy (non-hydrogen) atoms. The predicted octanol–water partition coefficient (Wildman–Crippen LogP) is 2.89. The summed E-state index contributed by atoms with van der Waals surface area (Å²) in [4.78, 5) is 13.8. The zero-order valence-electron chi connectivity index (χ0n) is 10.9. The zero-order valence-corrected chi connectivity index (χ0v) is 11.7. The molecule has 1 N–H and O–H groups in total. The van der Waals surface area contributed by atoms with Gasteiger partial charge in [0.1, 0.15) is 5.01 Å². The monoisotopic (exact) mass is 282 g/mol. The molecule has 0 atom stereocenters. The van der Waals surface area contributed by atoms with E-state index in [-0.39, 0.29) is 0 Å². The summed E-state index contributed by atoms with van der Waals surface area (Å²) < 4.78 is 0. The molecule has 0 bridgehead atoms. The molecule has 0 saturated carbocycles. The van der Waals surface area contributed by atoms with E-state index in [1.54, 1.807) is 23.7 Å². The van der Waals surface area contributed by atoms with E-state index < -0.39 is 0 Å². The third-order valence-corrected chi connectivity index (χ3v) is 3.87. The molecule has 4 nitrogen and oxygen atoms in total. The van der Waals surface area contributed by atoms with Gasteiger partial charge in [-0.1, -0.05) is 12.1 Å². The maximum Gasteiger partial charge on any atom is 0.107 e. The minimum absolute atomic E-state index is 0.764. The molecule has 0 aliphatic heterocycles. The molecule has 0 saturated heterocycles. The summed E-state index contributed by atoms with van der Waals surface area (Å²) >= 11 is 1.69. The van der Waals surface area contributed by atoms with Gasteiger partial charge in [-0.05, 0) is 17.7 Å². The van der Waals surface area contributed by atoms with E-state index >= 15 is 0 Å². The second-order valence-corrected chi connectivity index (χ2v) is 5.44. The number of nitrogens with one attached hydrogen (secondary N) is 1. The first-order chi connectivity index (χ1) is 9.92. The molecule has 0 aliphatic rings. The molecule has 0 aromatic carbocycles. The van der Waals surface area contributed by atoms with Gasteiger partial charge in [-0.15, -0.1) is 11.3 Å². The lowest BCUT2D eigenvalue weighted by atomic mass is 10.3. The summed E-state index contributed by atoms with van der Waals surface area (Å²) in [5.74, 6) is 0. The first-order valence-corrected chi connectivity index (χ1v) is 7.18. The molecule has 0 spiro atoms. The van der Waals surface area contributed by atoms with Crippen LogP contribution < -0.4 is 5.32 Å². The van der Waals surface area contributed by atoms with Crippen LogP contribution in [0.5, 0.6) is 0 Å². The van der Waals surface area contributed by atoms with Crippen molar-refractivity contribution in [1.82, 2.24) is 20.3 Å². The van der Waals surface area contributed by atoms with E-state index in [1.165, 1.54) is 5.56 Å². The van der Waals surface area contributed by atoms with E-state index in [0.29, 0.717) is 0 Å². The Morgan fingerprint density at radius 2 is 1.80 bits per heavy atom. The van der Waals surface area contributed by atoms with Gasteiger partial charge >= 0.3 is 0 Å². The Hall–Kier alpha value is -2.11. The maximum absolute atomic E-state index is 4.44. The van der Waals surface area contributed by atoms with Crippen LogP contribution in [-0.4, -0.2) is 15.0 Å². The number of pyridine rings is 2. The minimum Gasteiger partial charge on any atom is -0.306 e. The SMILES string of the molecule is c1cncc(CNCc2ncc(-c3cccnc3)s2)c1. The molecule has 0 unspecified atom stereocenters. The molecule has 100 valence electrons. The van der Waals surface area contributed by atoms with Crippen LogP contribution in [0.15, 0.2) is 55.2 Å². The second-order valence-electron chi connectivity index (χ2n) is 4.32. The zero-order chi connectivity index (χ0) is 13.6. The predicted molar refractivity (Wildman–Crippen MR) is 80.1 cm³/mol. The number of hydrogen-bond donors (Lipinski definition) is 1. The van der Waals surface area contributed by atoms with Crippen molar-refractivity contribution in [3.8, 4) is 10.4 Å². The Balaban J connectivity index is 1.58. The Kier molecular flexibility index (Phi) is 4.10. The van der Waals surface area contributed by atoms with Gasteiger partial charge in [0.05, 0.1) is 4.88 Å². The average Bonchev–Trinajstić information content (AvgIpc) is 2.98. The van der Waals surface area contributed by atoms with Gasteiger partial charge in [-0.25, -0.2) is 4.98 Å². The minimum atomic E-state index is 0.764. The van der Waals surface area contributed by atoms with Crippen LogP contribution in [-0.2, 0) is 13.1 Å². The molecule has 0 radical (unpaired) electrons. The fourth-order valence-corrected chi connectivity index (χ4v) is 2.73. The quantitative estimate of drug-likeness (QED) is 0.782. The second kappa shape index (κ2) is 6.36. The molecule has 3 heterocycles. The topological polar surface area (TPSA) is 50.7 Å². The van der Waals surface area contributed by atoms with Crippen molar-refractivity contribution in [2.45, 2.75) is 13.1 Å². The summed E-state index contributed by atoms with van der Waals surface area (Å²) in [6, 6.07) is 7.99. The smallest absolute Gasteiger partial charge is 0.107 e. The fraction of sp³-hybridized carbons (Fsp3) is 0.133. The Morgan fingerprint density at radius 1 is 0.950 bits per heavy atom. The lowest BCUT2D eigenvalue weighted by Crippen LogP contribution is -2.12. The van der Waals surface area contributed by atoms with Crippen molar-refractivity contribution >= 4 is 11.3 Å². The van der Waals surface area contributed by atoms with Crippen LogP contribution in [0.3, 0.4) is 0 Å². The molecular formula is C15H14N4S. The Morgan fingerprint density at radius 3 is 2.55 bits per heavy atom. The third kappa shape index (κ3) is 3.26. The van der Waals surface area contributed by atoms with E-state index in [0.717, 1.165) is 28.5 Å². The largest absolute Gasteiger partial charge is 0.306 e. The lowest BCUT2D eigenvalue weighted by molar-refractivity contribution is 0.688. The summed E-state index contributed by atoms with van der Waals surface area (Å²) in [7, 11) is 0. The van der Waals surface area contributed by atoms with Gasteiger partial charge in [0.25, 0.3) is 0 Å². The van der Waals surface area contributed by atoms with Crippen molar-refractivity contribution in [3.63, 3.8) is 0 Å². The van der Waals surface area contributed by atoms with E-state index in [9.17, 15) is 0 Å². The molecule has 3 rings (SSSR count). The number of aromatic nitrogens is 3. The standard InChI is InChI=1S/C15H14N4S/c1-3-12(7-16-5-1)8-18-11-15-19-10-14(20-15)13-4-2-6-17-9-13/h1-7,9-10,18H,8,11H2. The average molecular weight is 282 g/mol. The number of thiazole rings is 1. The summed E-state index contributed by atoms with van der Waals surface area (Å²) in [5.41, 5.74) is 2.29. The highest BCUT2D eigenvalue weighted by Gasteiger charge is 2.04. The van der Waals surface area contributed by atoms with Crippen LogP contribution in [0, 0.1) is 0 Å². The fourth-order valence-electron chi connectivity index (χ4n) is 1.85. The van der Waals surface area contributed by atoms with E-state index in [4.69, 9.17) is 0 Å². The Labute approximate surface area is 121 Å². The highest BCUT2D eigenvalue weighted by Crippen LogP contribution is 2.24. The van der Waals surface area contributed by atoms with Crippen LogP contribution in [0.1, 0.15) is 10.6 Å². The van der Waals surface area contributed by atoms with Gasteiger partial charge in [0, 0.05) is 49.6 Å². The van der Waals surface area contributed by atoms with Gasteiger partial charge < -0.3 is 5.32 Å². The van der Waals surface area contributed by atoms with E-state index in [1.807, 2.05) is 36.8 Å². The van der Waals surface area contributed by atoms with Gasteiger partial charge in [-0.3, -0.25) is 9.97 Å². The summed E-state index contributed by atoms with van der Waals surface area (Å²) in [5, 5.41) is 4.45. The van der Waals surface area contributed by atoms with Crippen LogP contribution in [0.2, 0.25) is 0 Å². The van der Waals surface area contributed by atoms with Gasteiger partial charge in [-0.2, -0.15) is 0 Å². The molecule has 5 heteroatoms. The number of nitrogens with zero attached hydrogens (tertiary/aromatic N) is 3. The molecular weight excluding hydrogens is 268 g/mol.